The monoisotopic (exact) mass is 270 g/mol. The second-order valence-corrected chi connectivity index (χ2v) is 5.02. The molecule has 1 aliphatic heterocycles. The normalized spacial score (nSPS) is 14.3. The highest BCUT2D eigenvalue weighted by molar-refractivity contribution is 5.45. The number of ether oxygens (including phenoxy) is 2. The van der Waals surface area contributed by atoms with E-state index >= 15 is 0 Å². The van der Waals surface area contributed by atoms with E-state index in [1.54, 1.807) is 0 Å². The summed E-state index contributed by atoms with van der Waals surface area (Å²) in [7, 11) is 0. The summed E-state index contributed by atoms with van der Waals surface area (Å²) in [6.07, 6.45) is 3.72. The zero-order valence-electron chi connectivity index (χ0n) is 11.7. The van der Waals surface area contributed by atoms with E-state index in [-0.39, 0.29) is 6.04 Å². The fraction of sp³-hybridized carbons (Fsp3) is 0.312. The van der Waals surface area contributed by atoms with E-state index in [2.05, 4.69) is 36.3 Å². The zero-order chi connectivity index (χ0) is 13.9. The van der Waals surface area contributed by atoms with E-state index in [4.69, 9.17) is 9.47 Å². The lowest BCUT2D eigenvalue weighted by Gasteiger charge is -2.15. The molecule has 4 heteroatoms. The van der Waals surface area contributed by atoms with Crippen LogP contribution in [0.1, 0.15) is 29.7 Å². The fourth-order valence-electron chi connectivity index (χ4n) is 2.26. The van der Waals surface area contributed by atoms with Crippen LogP contribution in [0.25, 0.3) is 0 Å². The standard InChI is InChI=1S/C16H18N2O2/c1-11-8-17-6-5-14(11)9-18-12(2)13-3-4-15-16(7-13)20-10-19-15/h3-8,12,18H,9-10H2,1-2H3. The first-order chi connectivity index (χ1) is 9.74. The molecular formula is C16H18N2O2. The van der Waals surface area contributed by atoms with Gasteiger partial charge in [0.05, 0.1) is 0 Å². The summed E-state index contributed by atoms with van der Waals surface area (Å²) in [5.41, 5.74) is 3.67. The average Bonchev–Trinajstić information content (AvgIpc) is 2.93. The van der Waals surface area contributed by atoms with Gasteiger partial charge in [-0.25, -0.2) is 0 Å². The summed E-state index contributed by atoms with van der Waals surface area (Å²) in [6, 6.07) is 8.38. The molecule has 0 bridgehead atoms. The molecular weight excluding hydrogens is 252 g/mol. The molecule has 2 aromatic rings. The lowest BCUT2D eigenvalue weighted by molar-refractivity contribution is 0.174. The molecule has 104 valence electrons. The second-order valence-electron chi connectivity index (χ2n) is 5.02. The molecule has 1 aromatic carbocycles. The van der Waals surface area contributed by atoms with Gasteiger partial charge in [0.25, 0.3) is 0 Å². The molecule has 0 amide bonds. The van der Waals surface area contributed by atoms with E-state index in [1.807, 2.05) is 24.5 Å². The first-order valence-corrected chi connectivity index (χ1v) is 6.76. The molecule has 20 heavy (non-hydrogen) atoms. The van der Waals surface area contributed by atoms with Gasteiger partial charge >= 0.3 is 0 Å². The molecule has 1 N–H and O–H groups in total. The van der Waals surface area contributed by atoms with Crippen LogP contribution in [-0.4, -0.2) is 11.8 Å². The molecule has 1 aromatic heterocycles. The van der Waals surface area contributed by atoms with Gasteiger partial charge in [0, 0.05) is 25.0 Å². The van der Waals surface area contributed by atoms with Gasteiger partial charge in [-0.15, -0.1) is 0 Å². The number of aryl methyl sites for hydroxylation is 1. The Labute approximate surface area is 118 Å². The smallest absolute Gasteiger partial charge is 0.231 e. The van der Waals surface area contributed by atoms with Crippen LogP contribution < -0.4 is 14.8 Å². The van der Waals surface area contributed by atoms with Crippen LogP contribution in [0.15, 0.2) is 36.7 Å². The van der Waals surface area contributed by atoms with Gasteiger partial charge in [-0.1, -0.05) is 6.07 Å². The van der Waals surface area contributed by atoms with Gasteiger partial charge in [-0.05, 0) is 48.7 Å². The van der Waals surface area contributed by atoms with Crippen molar-refractivity contribution in [1.29, 1.82) is 0 Å². The Kier molecular flexibility index (Phi) is 3.56. The maximum absolute atomic E-state index is 5.41. The van der Waals surface area contributed by atoms with Gasteiger partial charge in [-0.2, -0.15) is 0 Å². The van der Waals surface area contributed by atoms with Crippen LogP contribution >= 0.6 is 0 Å². The number of pyridine rings is 1. The predicted molar refractivity (Wildman–Crippen MR) is 76.8 cm³/mol. The van der Waals surface area contributed by atoms with Crippen LogP contribution in [0.3, 0.4) is 0 Å². The maximum Gasteiger partial charge on any atom is 0.231 e. The summed E-state index contributed by atoms with van der Waals surface area (Å²) >= 11 is 0. The third-order valence-corrected chi connectivity index (χ3v) is 3.63. The van der Waals surface area contributed by atoms with Crippen molar-refractivity contribution >= 4 is 0 Å². The van der Waals surface area contributed by atoms with E-state index in [0.29, 0.717) is 6.79 Å². The predicted octanol–water partition coefficient (Wildman–Crippen LogP) is 2.97. The van der Waals surface area contributed by atoms with Crippen molar-refractivity contribution in [3.05, 3.63) is 53.3 Å². The van der Waals surface area contributed by atoms with Crippen LogP contribution in [0.2, 0.25) is 0 Å². The van der Waals surface area contributed by atoms with Crippen LogP contribution in [0.4, 0.5) is 0 Å². The molecule has 1 atom stereocenters. The largest absolute Gasteiger partial charge is 0.454 e. The van der Waals surface area contributed by atoms with E-state index in [0.717, 1.165) is 18.0 Å². The van der Waals surface area contributed by atoms with Gasteiger partial charge in [0.1, 0.15) is 0 Å². The Morgan fingerprint density at radius 2 is 2.10 bits per heavy atom. The highest BCUT2D eigenvalue weighted by atomic mass is 16.7. The first kappa shape index (κ1) is 12.9. The topological polar surface area (TPSA) is 43.4 Å². The number of fused-ring (bicyclic) bond motifs is 1. The van der Waals surface area contributed by atoms with Crippen LogP contribution in [0, 0.1) is 6.92 Å². The van der Waals surface area contributed by atoms with Crippen molar-refractivity contribution in [3.63, 3.8) is 0 Å². The Balaban J connectivity index is 1.67. The molecule has 0 spiro atoms. The van der Waals surface area contributed by atoms with Crippen molar-refractivity contribution in [1.82, 2.24) is 10.3 Å². The third kappa shape index (κ3) is 2.60. The molecule has 3 rings (SSSR count). The van der Waals surface area contributed by atoms with E-state index in [1.165, 1.54) is 16.7 Å². The molecule has 4 nitrogen and oxygen atoms in total. The van der Waals surface area contributed by atoms with Crippen molar-refractivity contribution in [2.45, 2.75) is 26.4 Å². The minimum Gasteiger partial charge on any atom is -0.454 e. The van der Waals surface area contributed by atoms with Crippen LogP contribution in [0.5, 0.6) is 11.5 Å². The average molecular weight is 270 g/mol. The Bertz CT molecular complexity index is 613. The van der Waals surface area contributed by atoms with E-state index in [9.17, 15) is 0 Å². The minimum absolute atomic E-state index is 0.247. The van der Waals surface area contributed by atoms with Gasteiger partial charge < -0.3 is 14.8 Å². The molecule has 0 fully saturated rings. The quantitative estimate of drug-likeness (QED) is 0.927. The third-order valence-electron chi connectivity index (χ3n) is 3.63. The number of nitrogens with zero attached hydrogens (tertiary/aromatic N) is 1. The first-order valence-electron chi connectivity index (χ1n) is 6.76. The number of hydrogen-bond donors (Lipinski definition) is 1. The molecule has 0 aliphatic carbocycles. The maximum atomic E-state index is 5.41. The summed E-state index contributed by atoms with van der Waals surface area (Å²) in [5.74, 6) is 1.65. The van der Waals surface area contributed by atoms with E-state index < -0.39 is 0 Å². The van der Waals surface area contributed by atoms with Gasteiger partial charge in [0.15, 0.2) is 11.5 Å². The highest BCUT2D eigenvalue weighted by Gasteiger charge is 2.15. The number of hydrogen-bond acceptors (Lipinski definition) is 4. The number of rotatable bonds is 4. The lowest BCUT2D eigenvalue weighted by Crippen LogP contribution is -2.18. The van der Waals surface area contributed by atoms with Crippen molar-refractivity contribution in [3.8, 4) is 11.5 Å². The summed E-state index contributed by atoms with van der Waals surface area (Å²) < 4.78 is 10.7. The van der Waals surface area contributed by atoms with Crippen molar-refractivity contribution in [2.24, 2.45) is 0 Å². The summed E-state index contributed by atoms with van der Waals surface area (Å²) in [4.78, 5) is 4.11. The molecule has 1 aliphatic rings. The highest BCUT2D eigenvalue weighted by Crippen LogP contribution is 2.34. The second kappa shape index (κ2) is 5.51. The fourth-order valence-corrected chi connectivity index (χ4v) is 2.26. The van der Waals surface area contributed by atoms with Crippen molar-refractivity contribution in [2.75, 3.05) is 6.79 Å². The summed E-state index contributed by atoms with van der Waals surface area (Å²) in [6.45, 7) is 5.37. The van der Waals surface area contributed by atoms with Crippen LogP contribution in [-0.2, 0) is 6.54 Å². The lowest BCUT2D eigenvalue weighted by atomic mass is 10.1. The number of aromatic nitrogens is 1. The molecule has 1 unspecified atom stereocenters. The van der Waals surface area contributed by atoms with Crippen molar-refractivity contribution < 1.29 is 9.47 Å². The molecule has 2 heterocycles. The Morgan fingerprint density at radius 1 is 1.25 bits per heavy atom. The van der Waals surface area contributed by atoms with Gasteiger partial charge in [0.2, 0.25) is 6.79 Å². The minimum atomic E-state index is 0.247. The zero-order valence-corrected chi connectivity index (χ0v) is 11.7. The molecule has 0 saturated carbocycles. The Morgan fingerprint density at radius 3 is 2.95 bits per heavy atom. The summed E-state index contributed by atoms with van der Waals surface area (Å²) in [5, 5.41) is 3.52. The molecule has 0 radical (unpaired) electrons. The van der Waals surface area contributed by atoms with Gasteiger partial charge in [-0.3, -0.25) is 4.98 Å². The SMILES string of the molecule is Cc1cnccc1CNC(C)c1ccc2c(c1)OCO2. The number of nitrogens with one attached hydrogen (secondary N) is 1. The number of benzene rings is 1. The molecule has 0 saturated heterocycles. The Hall–Kier alpha value is -2.07.